The Balaban J connectivity index is 1.61. The lowest BCUT2D eigenvalue weighted by Gasteiger charge is -2.30. The summed E-state index contributed by atoms with van der Waals surface area (Å²) in [5, 5.41) is 13.2. The molecule has 1 aliphatic rings. The summed E-state index contributed by atoms with van der Waals surface area (Å²) in [4.78, 5) is 31.4. The number of thiazole rings is 1. The van der Waals surface area contributed by atoms with Gasteiger partial charge in [0, 0.05) is 37.4 Å². The topological polar surface area (TPSA) is 84.7 Å². The number of fused-ring (bicyclic) bond motifs is 1. The molecule has 0 aliphatic carbocycles. The van der Waals surface area contributed by atoms with Crippen LogP contribution >= 0.6 is 22.9 Å². The maximum atomic E-state index is 13.0. The van der Waals surface area contributed by atoms with Crippen LogP contribution in [0.4, 0.5) is 0 Å². The number of nitrogens with zero attached hydrogens (tertiary/aromatic N) is 3. The normalized spacial score (nSPS) is 13.6. The summed E-state index contributed by atoms with van der Waals surface area (Å²) in [6.07, 6.45) is 3.19. The second kappa shape index (κ2) is 8.12. The van der Waals surface area contributed by atoms with Gasteiger partial charge in [0.15, 0.2) is 11.4 Å². The molecular weight excluding hydrogens is 426 g/mol. The standard InChI is InChI=1S/C21H20ClN3O4S/c1-12(2)29-16-4-3-13(9-15(16)22)10-25-7-6-24-11-14(20-23-5-8-30-20)18(26)19(27)17(24)21(25)28/h3-5,8-9,11-12,27H,6-7,10H2,1-2H3. The third kappa shape index (κ3) is 3.80. The van der Waals surface area contributed by atoms with E-state index in [1.165, 1.54) is 11.3 Å². The number of halogens is 1. The van der Waals surface area contributed by atoms with Gasteiger partial charge >= 0.3 is 0 Å². The minimum atomic E-state index is -0.593. The number of rotatable bonds is 5. The average molecular weight is 446 g/mol. The Bertz CT molecular complexity index is 1160. The molecule has 1 aliphatic heterocycles. The first kappa shape index (κ1) is 20.4. The molecule has 4 rings (SSSR count). The summed E-state index contributed by atoms with van der Waals surface area (Å²) < 4.78 is 7.26. The lowest BCUT2D eigenvalue weighted by molar-refractivity contribution is 0.0683. The highest BCUT2D eigenvalue weighted by Crippen LogP contribution is 2.29. The van der Waals surface area contributed by atoms with Gasteiger partial charge in [0.1, 0.15) is 10.8 Å². The molecule has 0 atom stereocenters. The van der Waals surface area contributed by atoms with Crippen molar-refractivity contribution >= 4 is 28.8 Å². The summed E-state index contributed by atoms with van der Waals surface area (Å²) in [5.74, 6) is -0.360. The molecule has 2 aromatic heterocycles. The number of benzene rings is 1. The van der Waals surface area contributed by atoms with Gasteiger partial charge in [-0.05, 0) is 31.5 Å². The van der Waals surface area contributed by atoms with Crippen molar-refractivity contribution in [2.24, 2.45) is 0 Å². The number of amides is 1. The molecule has 0 unspecified atom stereocenters. The number of aromatic nitrogens is 2. The van der Waals surface area contributed by atoms with E-state index in [-0.39, 0.29) is 11.8 Å². The molecule has 0 saturated heterocycles. The van der Waals surface area contributed by atoms with E-state index in [2.05, 4.69) is 4.98 Å². The first-order valence-electron chi connectivity index (χ1n) is 9.45. The van der Waals surface area contributed by atoms with Crippen LogP contribution in [0, 0.1) is 0 Å². The van der Waals surface area contributed by atoms with E-state index < -0.39 is 17.1 Å². The molecule has 0 bridgehead atoms. The number of hydrogen-bond donors (Lipinski definition) is 1. The maximum Gasteiger partial charge on any atom is 0.274 e. The fraction of sp³-hybridized carbons (Fsp3) is 0.286. The van der Waals surface area contributed by atoms with Gasteiger partial charge in [-0.1, -0.05) is 17.7 Å². The van der Waals surface area contributed by atoms with Crippen LogP contribution < -0.4 is 10.2 Å². The van der Waals surface area contributed by atoms with E-state index in [1.54, 1.807) is 39.4 Å². The molecule has 0 spiro atoms. The second-order valence-electron chi connectivity index (χ2n) is 7.26. The summed E-state index contributed by atoms with van der Waals surface area (Å²) in [6.45, 7) is 5.04. The highest BCUT2D eigenvalue weighted by atomic mass is 35.5. The van der Waals surface area contributed by atoms with Gasteiger partial charge < -0.3 is 19.3 Å². The van der Waals surface area contributed by atoms with E-state index in [9.17, 15) is 14.7 Å². The third-order valence-electron chi connectivity index (χ3n) is 4.75. The number of carbonyl (C=O) groups excluding carboxylic acids is 1. The fourth-order valence-electron chi connectivity index (χ4n) is 3.40. The van der Waals surface area contributed by atoms with Crippen LogP contribution in [0.2, 0.25) is 5.02 Å². The number of ether oxygens (including phenoxy) is 1. The maximum absolute atomic E-state index is 13.0. The molecule has 30 heavy (non-hydrogen) atoms. The van der Waals surface area contributed by atoms with Crippen molar-refractivity contribution in [2.75, 3.05) is 6.54 Å². The fourth-order valence-corrected chi connectivity index (χ4v) is 4.30. The van der Waals surface area contributed by atoms with Crippen LogP contribution in [0.25, 0.3) is 10.6 Å². The zero-order valence-corrected chi connectivity index (χ0v) is 18.0. The van der Waals surface area contributed by atoms with E-state index >= 15 is 0 Å². The van der Waals surface area contributed by atoms with Gasteiger partial charge in [-0.3, -0.25) is 9.59 Å². The molecule has 0 radical (unpaired) electrons. The third-order valence-corrected chi connectivity index (χ3v) is 5.85. The number of pyridine rings is 1. The first-order chi connectivity index (χ1) is 14.3. The predicted octanol–water partition coefficient (Wildman–Crippen LogP) is 3.77. The first-order valence-corrected chi connectivity index (χ1v) is 10.7. The van der Waals surface area contributed by atoms with Crippen molar-refractivity contribution in [2.45, 2.75) is 33.0 Å². The van der Waals surface area contributed by atoms with Crippen LogP contribution in [0.1, 0.15) is 29.9 Å². The van der Waals surface area contributed by atoms with Gasteiger partial charge in [-0.25, -0.2) is 4.98 Å². The van der Waals surface area contributed by atoms with Crippen molar-refractivity contribution in [1.82, 2.24) is 14.5 Å². The van der Waals surface area contributed by atoms with Crippen LogP contribution in [0.3, 0.4) is 0 Å². The van der Waals surface area contributed by atoms with Gasteiger partial charge in [-0.15, -0.1) is 11.3 Å². The van der Waals surface area contributed by atoms with Crippen LogP contribution in [-0.4, -0.2) is 38.1 Å². The van der Waals surface area contributed by atoms with Gasteiger partial charge in [0.25, 0.3) is 5.91 Å². The zero-order valence-electron chi connectivity index (χ0n) is 16.5. The van der Waals surface area contributed by atoms with Crippen molar-refractivity contribution in [3.63, 3.8) is 0 Å². The molecule has 1 N–H and O–H groups in total. The Labute approximate surface area is 182 Å². The average Bonchev–Trinajstić information content (AvgIpc) is 3.23. The predicted molar refractivity (Wildman–Crippen MR) is 115 cm³/mol. The highest BCUT2D eigenvalue weighted by Gasteiger charge is 2.30. The van der Waals surface area contributed by atoms with E-state index in [0.29, 0.717) is 41.0 Å². The molecule has 1 amide bonds. The molecule has 1 aromatic carbocycles. The van der Waals surface area contributed by atoms with Gasteiger partial charge in [-0.2, -0.15) is 0 Å². The van der Waals surface area contributed by atoms with Gasteiger partial charge in [0.05, 0.1) is 16.7 Å². The summed E-state index contributed by atoms with van der Waals surface area (Å²) in [6, 6.07) is 5.39. The van der Waals surface area contributed by atoms with Crippen molar-refractivity contribution in [3.8, 4) is 22.1 Å². The molecule has 0 saturated carbocycles. The summed E-state index contributed by atoms with van der Waals surface area (Å²) in [5.41, 5.74) is 0.529. The minimum Gasteiger partial charge on any atom is -0.503 e. The van der Waals surface area contributed by atoms with Gasteiger partial charge in [0.2, 0.25) is 5.43 Å². The smallest absolute Gasteiger partial charge is 0.274 e. The van der Waals surface area contributed by atoms with Crippen molar-refractivity contribution in [3.05, 3.63) is 62.5 Å². The van der Waals surface area contributed by atoms with Crippen LogP contribution in [0.15, 0.2) is 40.8 Å². The highest BCUT2D eigenvalue weighted by molar-refractivity contribution is 7.13. The molecule has 9 heteroatoms. The SMILES string of the molecule is CC(C)Oc1ccc(CN2CCn3cc(-c4nccs4)c(=O)c(O)c3C2=O)cc1Cl. The Morgan fingerprint density at radius 3 is 2.77 bits per heavy atom. The van der Waals surface area contributed by atoms with Crippen LogP contribution in [0.5, 0.6) is 11.5 Å². The Morgan fingerprint density at radius 2 is 2.10 bits per heavy atom. The number of aromatic hydroxyl groups is 1. The molecule has 3 aromatic rings. The summed E-state index contributed by atoms with van der Waals surface area (Å²) in [7, 11) is 0. The quantitative estimate of drug-likeness (QED) is 0.646. The lowest BCUT2D eigenvalue weighted by atomic mass is 10.1. The van der Waals surface area contributed by atoms with E-state index in [1.807, 2.05) is 19.9 Å². The number of carbonyl (C=O) groups is 1. The monoisotopic (exact) mass is 445 g/mol. The van der Waals surface area contributed by atoms with Crippen LogP contribution in [-0.2, 0) is 13.1 Å². The minimum absolute atomic E-state index is 0.00239. The second-order valence-corrected chi connectivity index (χ2v) is 8.56. The van der Waals surface area contributed by atoms with Crippen molar-refractivity contribution in [1.29, 1.82) is 0 Å². The van der Waals surface area contributed by atoms with E-state index in [4.69, 9.17) is 16.3 Å². The molecule has 7 nitrogen and oxygen atoms in total. The summed E-state index contributed by atoms with van der Waals surface area (Å²) >= 11 is 7.61. The Morgan fingerprint density at radius 1 is 1.30 bits per heavy atom. The molecule has 0 fully saturated rings. The van der Waals surface area contributed by atoms with Crippen molar-refractivity contribution < 1.29 is 14.6 Å². The number of hydrogen-bond acceptors (Lipinski definition) is 6. The molecular formula is C21H20ClN3O4S. The Hall–Kier alpha value is -2.84. The lowest BCUT2D eigenvalue weighted by Crippen LogP contribution is -2.41. The largest absolute Gasteiger partial charge is 0.503 e. The Kier molecular flexibility index (Phi) is 5.53. The molecule has 3 heterocycles. The van der Waals surface area contributed by atoms with E-state index in [0.717, 1.165) is 5.56 Å². The zero-order chi connectivity index (χ0) is 21.4. The molecule has 156 valence electrons.